The number of benzene rings is 2. The summed E-state index contributed by atoms with van der Waals surface area (Å²) in [5.74, 6) is 0.325. The molecule has 0 spiro atoms. The molecule has 0 saturated carbocycles. The SMILES string of the molecule is COc1cc(/C=C/C(=O)N(C)Cc2ccccc2C(F)(F)F)ccc1OCC#N. The molecule has 152 valence electrons. The second-order valence-electron chi connectivity index (χ2n) is 6.04. The van der Waals surface area contributed by atoms with Crippen LogP contribution in [0.3, 0.4) is 0 Å². The van der Waals surface area contributed by atoms with E-state index >= 15 is 0 Å². The molecule has 0 atom stereocenters. The monoisotopic (exact) mass is 404 g/mol. The molecule has 0 aliphatic heterocycles. The fourth-order valence-electron chi connectivity index (χ4n) is 2.58. The average molecular weight is 404 g/mol. The van der Waals surface area contributed by atoms with Crippen molar-refractivity contribution in [2.75, 3.05) is 20.8 Å². The molecule has 0 bridgehead atoms. The van der Waals surface area contributed by atoms with E-state index in [-0.39, 0.29) is 18.7 Å². The third kappa shape index (κ3) is 6.01. The largest absolute Gasteiger partial charge is 0.493 e. The van der Waals surface area contributed by atoms with Crippen molar-refractivity contribution in [1.82, 2.24) is 4.90 Å². The molecule has 0 fully saturated rings. The zero-order valence-electron chi connectivity index (χ0n) is 15.9. The lowest BCUT2D eigenvalue weighted by molar-refractivity contribution is -0.139. The summed E-state index contributed by atoms with van der Waals surface area (Å²) in [6, 6.07) is 11.9. The lowest BCUT2D eigenvalue weighted by atomic mass is 10.1. The number of hydrogen-bond donors (Lipinski definition) is 0. The minimum atomic E-state index is -4.48. The van der Waals surface area contributed by atoms with Crippen molar-refractivity contribution in [2.45, 2.75) is 12.7 Å². The third-order valence-electron chi connectivity index (χ3n) is 4.00. The molecule has 0 aliphatic carbocycles. The Kier molecular flexibility index (Phi) is 7.26. The van der Waals surface area contributed by atoms with Gasteiger partial charge in [-0.2, -0.15) is 18.4 Å². The zero-order chi connectivity index (χ0) is 21.4. The number of nitrogens with zero attached hydrogens (tertiary/aromatic N) is 2. The van der Waals surface area contributed by atoms with Crippen molar-refractivity contribution >= 4 is 12.0 Å². The van der Waals surface area contributed by atoms with Crippen LogP contribution in [0.2, 0.25) is 0 Å². The molecule has 0 aromatic heterocycles. The van der Waals surface area contributed by atoms with E-state index in [9.17, 15) is 18.0 Å². The first kappa shape index (κ1) is 21.8. The molecule has 2 aromatic carbocycles. The number of amides is 1. The quantitative estimate of drug-likeness (QED) is 0.646. The zero-order valence-corrected chi connectivity index (χ0v) is 15.9. The van der Waals surface area contributed by atoms with Crippen LogP contribution >= 0.6 is 0 Å². The molecule has 5 nitrogen and oxygen atoms in total. The molecule has 8 heteroatoms. The number of carbonyl (C=O) groups is 1. The van der Waals surface area contributed by atoms with Crippen LogP contribution in [0.4, 0.5) is 13.2 Å². The summed E-state index contributed by atoms with van der Waals surface area (Å²) >= 11 is 0. The number of methoxy groups -OCH3 is 1. The molecular formula is C21H19F3N2O3. The molecule has 0 heterocycles. The summed E-state index contributed by atoms with van der Waals surface area (Å²) in [7, 11) is 2.87. The fourth-order valence-corrected chi connectivity index (χ4v) is 2.58. The van der Waals surface area contributed by atoms with Gasteiger partial charge in [-0.1, -0.05) is 24.3 Å². The second kappa shape index (κ2) is 9.64. The Morgan fingerprint density at radius 3 is 2.59 bits per heavy atom. The Balaban J connectivity index is 2.10. The molecule has 1 amide bonds. The number of rotatable bonds is 7. The van der Waals surface area contributed by atoms with Crippen molar-refractivity contribution in [3.63, 3.8) is 0 Å². The number of hydrogen-bond acceptors (Lipinski definition) is 4. The summed E-state index contributed by atoms with van der Waals surface area (Å²) in [4.78, 5) is 13.5. The van der Waals surface area contributed by atoms with E-state index in [0.717, 1.165) is 6.07 Å². The predicted molar refractivity (Wildman–Crippen MR) is 101 cm³/mol. The Morgan fingerprint density at radius 2 is 1.93 bits per heavy atom. The second-order valence-corrected chi connectivity index (χ2v) is 6.04. The smallest absolute Gasteiger partial charge is 0.416 e. The summed E-state index contributed by atoms with van der Waals surface area (Å²) in [6.45, 7) is -0.308. The van der Waals surface area contributed by atoms with Crippen LogP contribution < -0.4 is 9.47 Å². The number of likely N-dealkylation sites (N-methyl/N-ethyl adjacent to an activating group) is 1. The van der Waals surface area contributed by atoms with Crippen LogP contribution in [-0.2, 0) is 17.5 Å². The number of ether oxygens (including phenoxy) is 2. The van der Waals surface area contributed by atoms with Gasteiger partial charge in [0.15, 0.2) is 18.1 Å². The highest BCUT2D eigenvalue weighted by molar-refractivity contribution is 5.91. The maximum atomic E-state index is 13.1. The van der Waals surface area contributed by atoms with Gasteiger partial charge >= 0.3 is 6.18 Å². The van der Waals surface area contributed by atoms with Gasteiger partial charge in [0, 0.05) is 19.7 Å². The molecule has 29 heavy (non-hydrogen) atoms. The molecule has 2 rings (SSSR count). The standard InChI is InChI=1S/C21H19F3N2O3/c1-26(14-16-5-3-4-6-17(16)21(22,23)24)20(27)10-8-15-7-9-18(29-12-11-25)19(13-15)28-2/h3-10,13H,12,14H2,1-2H3/b10-8+. The van der Waals surface area contributed by atoms with E-state index in [0.29, 0.717) is 17.1 Å². The number of halogens is 3. The fraction of sp³-hybridized carbons (Fsp3) is 0.238. The maximum Gasteiger partial charge on any atom is 0.416 e. The maximum absolute atomic E-state index is 13.1. The highest BCUT2D eigenvalue weighted by Crippen LogP contribution is 2.32. The Morgan fingerprint density at radius 1 is 1.21 bits per heavy atom. The normalized spacial score (nSPS) is 11.2. The van der Waals surface area contributed by atoms with Gasteiger partial charge in [-0.15, -0.1) is 0 Å². The molecule has 0 radical (unpaired) electrons. The topological polar surface area (TPSA) is 62.6 Å². The molecule has 0 N–H and O–H groups in total. The van der Waals surface area contributed by atoms with Gasteiger partial charge in [0.05, 0.1) is 12.7 Å². The van der Waals surface area contributed by atoms with Gasteiger partial charge in [-0.3, -0.25) is 4.79 Å². The van der Waals surface area contributed by atoms with E-state index in [1.54, 1.807) is 18.2 Å². The molecule has 2 aromatic rings. The number of nitriles is 1. The van der Waals surface area contributed by atoms with Crippen molar-refractivity contribution < 1.29 is 27.4 Å². The third-order valence-corrected chi connectivity index (χ3v) is 4.00. The van der Waals surface area contributed by atoms with Gasteiger partial charge in [0.2, 0.25) is 5.91 Å². The first-order valence-corrected chi connectivity index (χ1v) is 8.52. The van der Waals surface area contributed by atoms with Gasteiger partial charge < -0.3 is 14.4 Å². The van der Waals surface area contributed by atoms with Gasteiger partial charge in [-0.25, -0.2) is 0 Å². The summed E-state index contributed by atoms with van der Waals surface area (Å²) in [6.07, 6.45) is -1.70. The molecule has 0 unspecified atom stereocenters. The van der Waals surface area contributed by atoms with E-state index in [4.69, 9.17) is 14.7 Å². The van der Waals surface area contributed by atoms with Crippen LogP contribution in [0.1, 0.15) is 16.7 Å². The predicted octanol–water partition coefficient (Wildman–Crippen LogP) is 4.29. The number of carbonyl (C=O) groups excluding carboxylic acids is 1. The number of alkyl halides is 3. The lowest BCUT2D eigenvalue weighted by Crippen LogP contribution is -2.25. The summed E-state index contributed by atoms with van der Waals surface area (Å²) < 4.78 is 49.7. The Hall–Kier alpha value is -3.47. The van der Waals surface area contributed by atoms with Crippen LogP contribution in [0.15, 0.2) is 48.5 Å². The first-order valence-electron chi connectivity index (χ1n) is 8.52. The minimum absolute atomic E-state index is 0.0184. The van der Waals surface area contributed by atoms with Crippen LogP contribution in [0.5, 0.6) is 11.5 Å². The van der Waals surface area contributed by atoms with Gasteiger partial charge in [0.1, 0.15) is 6.07 Å². The summed E-state index contributed by atoms with van der Waals surface area (Å²) in [5.41, 5.74) is -0.116. The van der Waals surface area contributed by atoms with Crippen molar-refractivity contribution in [2.24, 2.45) is 0 Å². The highest BCUT2D eigenvalue weighted by Gasteiger charge is 2.33. The lowest BCUT2D eigenvalue weighted by Gasteiger charge is -2.19. The molecular weight excluding hydrogens is 385 g/mol. The molecule has 0 aliphatic rings. The van der Waals surface area contributed by atoms with Crippen molar-refractivity contribution in [1.29, 1.82) is 5.26 Å². The van der Waals surface area contributed by atoms with Crippen LogP contribution in [0.25, 0.3) is 6.08 Å². The Labute approximate surface area is 166 Å². The van der Waals surface area contributed by atoms with Crippen LogP contribution in [0, 0.1) is 11.3 Å². The van der Waals surface area contributed by atoms with Gasteiger partial charge in [0.25, 0.3) is 0 Å². The average Bonchev–Trinajstić information content (AvgIpc) is 2.70. The molecule has 0 saturated heterocycles. The van der Waals surface area contributed by atoms with E-state index in [2.05, 4.69) is 0 Å². The van der Waals surface area contributed by atoms with Gasteiger partial charge in [-0.05, 0) is 35.4 Å². The van der Waals surface area contributed by atoms with Crippen molar-refractivity contribution in [3.8, 4) is 17.6 Å². The highest BCUT2D eigenvalue weighted by atomic mass is 19.4. The summed E-state index contributed by atoms with van der Waals surface area (Å²) in [5, 5.41) is 8.58. The first-order chi connectivity index (χ1) is 13.8. The van der Waals surface area contributed by atoms with Crippen LogP contribution in [-0.4, -0.2) is 31.6 Å². The van der Waals surface area contributed by atoms with Crippen molar-refractivity contribution in [3.05, 3.63) is 65.2 Å². The van der Waals surface area contributed by atoms with E-state index < -0.39 is 17.6 Å². The van der Waals surface area contributed by atoms with E-state index in [1.807, 2.05) is 6.07 Å². The Bertz CT molecular complexity index is 933. The van der Waals surface area contributed by atoms with E-state index in [1.165, 1.54) is 49.4 Å². The minimum Gasteiger partial charge on any atom is -0.493 e.